The Morgan fingerprint density at radius 2 is 1.86 bits per heavy atom. The number of nitrogens with two attached hydrogens (primary N) is 1. The fourth-order valence-corrected chi connectivity index (χ4v) is 3.00. The van der Waals surface area contributed by atoms with Crippen LogP contribution in [0.15, 0.2) is 22.2 Å². The summed E-state index contributed by atoms with van der Waals surface area (Å²) in [5, 5.41) is 5.77. The molecule has 4 rings (SSSR count). The van der Waals surface area contributed by atoms with E-state index >= 15 is 0 Å². The van der Waals surface area contributed by atoms with Crippen LogP contribution in [0.5, 0.6) is 0 Å². The molecular formula is C19H25N11O5. The third kappa shape index (κ3) is 5.44. The van der Waals surface area contributed by atoms with Crippen molar-refractivity contribution >= 4 is 40.2 Å². The summed E-state index contributed by atoms with van der Waals surface area (Å²) in [7, 11) is 0. The summed E-state index contributed by atoms with van der Waals surface area (Å²) < 4.78 is 12.1. The number of ether oxygens (including phenoxy) is 2. The first kappa shape index (κ1) is 23.8. The average molecular weight is 487 g/mol. The average Bonchev–Trinajstić information content (AvgIpc) is 3.46. The molecule has 7 N–H and O–H groups in total. The van der Waals surface area contributed by atoms with Crippen molar-refractivity contribution in [3.8, 4) is 0 Å². The van der Waals surface area contributed by atoms with Crippen LogP contribution < -0.4 is 27.5 Å². The van der Waals surface area contributed by atoms with Gasteiger partial charge in [-0.3, -0.25) is 28.9 Å². The van der Waals surface area contributed by atoms with E-state index in [0.29, 0.717) is 5.65 Å². The molecule has 16 nitrogen and oxygen atoms in total. The van der Waals surface area contributed by atoms with Gasteiger partial charge in [0.1, 0.15) is 19.4 Å². The Morgan fingerprint density at radius 3 is 2.63 bits per heavy atom. The summed E-state index contributed by atoms with van der Waals surface area (Å²) in [6, 6.07) is -0.687. The third-order valence-corrected chi connectivity index (χ3v) is 4.98. The zero-order chi connectivity index (χ0) is 24.9. The Bertz CT molecular complexity index is 1440. The summed E-state index contributed by atoms with van der Waals surface area (Å²) in [4.78, 5) is 60.5. The van der Waals surface area contributed by atoms with Gasteiger partial charge < -0.3 is 30.8 Å². The molecule has 0 aliphatic heterocycles. The molecule has 4 heterocycles. The minimum absolute atomic E-state index is 0.0266. The molecule has 0 aliphatic rings. The van der Waals surface area contributed by atoms with Crippen molar-refractivity contribution in [3.05, 3.63) is 33.4 Å². The minimum Gasteiger partial charge on any atom is -0.462 e. The third-order valence-electron chi connectivity index (χ3n) is 4.98. The van der Waals surface area contributed by atoms with Crippen LogP contribution in [0.1, 0.15) is 13.8 Å². The number of aromatic amines is 3. The van der Waals surface area contributed by atoms with Crippen LogP contribution in [-0.2, 0) is 21.0 Å². The lowest BCUT2D eigenvalue weighted by Gasteiger charge is -2.14. The molecule has 0 aromatic carbocycles. The summed E-state index contributed by atoms with van der Waals surface area (Å²) >= 11 is 0. The maximum Gasteiger partial charge on any atom is 0.323 e. The number of nitrogens with zero attached hydrogens (tertiary/aromatic N) is 5. The zero-order valence-electron chi connectivity index (χ0n) is 19.0. The maximum absolute atomic E-state index is 12.4. The van der Waals surface area contributed by atoms with Crippen LogP contribution in [0, 0.1) is 5.92 Å². The predicted molar refractivity (Wildman–Crippen MR) is 124 cm³/mol. The highest BCUT2D eigenvalue weighted by Crippen LogP contribution is 2.09. The Balaban J connectivity index is 1.33. The molecule has 0 radical (unpaired) electrons. The van der Waals surface area contributed by atoms with Gasteiger partial charge in [0.05, 0.1) is 25.9 Å². The highest BCUT2D eigenvalue weighted by molar-refractivity contribution is 5.75. The number of hydrogen-bond acceptors (Lipinski definition) is 12. The van der Waals surface area contributed by atoms with Crippen molar-refractivity contribution in [2.45, 2.75) is 26.6 Å². The van der Waals surface area contributed by atoms with Crippen LogP contribution >= 0.6 is 0 Å². The van der Waals surface area contributed by atoms with Gasteiger partial charge in [-0.25, -0.2) is 9.97 Å². The first-order valence-corrected chi connectivity index (χ1v) is 10.7. The first-order chi connectivity index (χ1) is 16.8. The number of rotatable bonds is 11. The molecule has 0 aliphatic carbocycles. The highest BCUT2D eigenvalue weighted by atomic mass is 16.6. The van der Waals surface area contributed by atoms with Gasteiger partial charge >= 0.3 is 5.97 Å². The SMILES string of the molecule is CC(C)[C@H](N)C(=O)OCCOCn1cnc2c(=O)[nH]c(NCNc3nc4nc[nH]c4c(=O)[nH]3)nc21. The van der Waals surface area contributed by atoms with Crippen molar-refractivity contribution < 1.29 is 14.3 Å². The molecular weight excluding hydrogens is 462 g/mol. The fraction of sp³-hybridized carbons (Fsp3) is 0.421. The number of carbonyl (C=O) groups is 1. The summed E-state index contributed by atoms with van der Waals surface area (Å²) in [5.74, 6) is -0.158. The Labute approximate surface area is 196 Å². The number of esters is 1. The van der Waals surface area contributed by atoms with Gasteiger partial charge in [-0.05, 0) is 5.92 Å². The maximum atomic E-state index is 12.4. The second-order valence-corrected chi connectivity index (χ2v) is 7.82. The molecule has 16 heteroatoms. The molecule has 186 valence electrons. The zero-order valence-corrected chi connectivity index (χ0v) is 19.0. The van der Waals surface area contributed by atoms with Crippen molar-refractivity contribution in [1.29, 1.82) is 0 Å². The predicted octanol–water partition coefficient (Wildman–Crippen LogP) is -0.939. The monoisotopic (exact) mass is 487 g/mol. The second-order valence-electron chi connectivity index (χ2n) is 7.82. The summed E-state index contributed by atoms with van der Waals surface area (Å²) in [5.41, 5.74) is 5.88. The number of aromatic nitrogens is 8. The quantitative estimate of drug-likeness (QED) is 0.0856. The normalized spacial score (nSPS) is 12.3. The lowest BCUT2D eigenvalue weighted by atomic mass is 10.1. The Kier molecular flexibility index (Phi) is 7.02. The van der Waals surface area contributed by atoms with E-state index in [1.807, 2.05) is 13.8 Å². The van der Waals surface area contributed by atoms with Crippen molar-refractivity contribution in [2.24, 2.45) is 11.7 Å². The van der Waals surface area contributed by atoms with Crippen molar-refractivity contribution in [2.75, 3.05) is 30.5 Å². The highest BCUT2D eigenvalue weighted by Gasteiger charge is 2.18. The van der Waals surface area contributed by atoms with E-state index in [1.165, 1.54) is 17.2 Å². The molecule has 0 saturated carbocycles. The number of carbonyl (C=O) groups excluding carboxylic acids is 1. The largest absolute Gasteiger partial charge is 0.462 e. The standard InChI is InChI=1S/C19H25N11O5/c1-9(2)10(20)17(33)35-4-3-34-8-30-7-25-12-14(30)27-19(29-16(12)32)24-6-23-18-26-13-11(15(31)28-18)21-5-22-13/h5,7,9-10H,3-4,6,8,20H2,1-2H3,(H2,24,27,29,32)(H3,21,22,23,26,28,31)/t10-/m0/s1. The molecule has 0 saturated heterocycles. The van der Waals surface area contributed by atoms with Crippen LogP contribution in [0.3, 0.4) is 0 Å². The van der Waals surface area contributed by atoms with Gasteiger partial charge in [0.25, 0.3) is 11.1 Å². The van der Waals surface area contributed by atoms with Gasteiger partial charge in [-0.2, -0.15) is 9.97 Å². The molecule has 0 amide bonds. The number of nitrogens with one attached hydrogen (secondary N) is 5. The first-order valence-electron chi connectivity index (χ1n) is 10.7. The van der Waals surface area contributed by atoms with Crippen molar-refractivity contribution in [3.63, 3.8) is 0 Å². The van der Waals surface area contributed by atoms with Gasteiger partial charge in [0.2, 0.25) is 11.9 Å². The smallest absolute Gasteiger partial charge is 0.323 e. The fourth-order valence-electron chi connectivity index (χ4n) is 3.00. The number of fused-ring (bicyclic) bond motifs is 2. The van der Waals surface area contributed by atoms with Crippen LogP contribution in [0.4, 0.5) is 11.9 Å². The van der Waals surface area contributed by atoms with E-state index in [9.17, 15) is 14.4 Å². The number of imidazole rings is 2. The lowest BCUT2D eigenvalue weighted by Crippen LogP contribution is -2.37. The van der Waals surface area contributed by atoms with Gasteiger partial charge in [-0.15, -0.1) is 0 Å². The van der Waals surface area contributed by atoms with E-state index in [4.69, 9.17) is 15.2 Å². The molecule has 35 heavy (non-hydrogen) atoms. The van der Waals surface area contributed by atoms with E-state index in [2.05, 4.69) is 45.5 Å². The number of anilines is 2. The summed E-state index contributed by atoms with van der Waals surface area (Å²) in [6.45, 7) is 3.95. The van der Waals surface area contributed by atoms with E-state index < -0.39 is 17.6 Å². The molecule has 4 aromatic rings. The lowest BCUT2D eigenvalue weighted by molar-refractivity contribution is -0.148. The molecule has 1 atom stereocenters. The Morgan fingerprint density at radius 1 is 1.11 bits per heavy atom. The second kappa shape index (κ2) is 10.3. The van der Waals surface area contributed by atoms with Gasteiger partial charge in [-0.1, -0.05) is 13.8 Å². The molecule has 0 fully saturated rings. The van der Waals surface area contributed by atoms with E-state index in [1.54, 1.807) is 0 Å². The van der Waals surface area contributed by atoms with Crippen LogP contribution in [0.2, 0.25) is 0 Å². The molecule has 0 bridgehead atoms. The van der Waals surface area contributed by atoms with E-state index in [-0.39, 0.29) is 66.7 Å². The number of hydrogen-bond donors (Lipinski definition) is 6. The minimum atomic E-state index is -0.687. The Hall–Kier alpha value is -4.31. The van der Waals surface area contributed by atoms with Crippen molar-refractivity contribution in [1.82, 2.24) is 39.5 Å². The molecule has 4 aromatic heterocycles. The van der Waals surface area contributed by atoms with Gasteiger partial charge in [0, 0.05) is 0 Å². The topological polar surface area (TPSA) is 224 Å². The van der Waals surface area contributed by atoms with Gasteiger partial charge in [0.15, 0.2) is 22.3 Å². The molecule has 0 unspecified atom stereocenters. The molecule has 0 spiro atoms. The summed E-state index contributed by atoms with van der Waals surface area (Å²) in [6.07, 6.45) is 2.80. The number of H-pyrrole nitrogens is 3. The van der Waals surface area contributed by atoms with E-state index in [0.717, 1.165) is 0 Å². The van der Waals surface area contributed by atoms with Crippen LogP contribution in [-0.4, -0.2) is 71.3 Å². The van der Waals surface area contributed by atoms with Crippen LogP contribution in [0.25, 0.3) is 22.3 Å².